The van der Waals surface area contributed by atoms with Gasteiger partial charge in [-0.2, -0.15) is 0 Å². The van der Waals surface area contributed by atoms with Crippen LogP contribution >= 0.6 is 27.5 Å². The first-order valence-electron chi connectivity index (χ1n) is 6.49. The SMILES string of the molecule is CC(C1CC1)C(Br)c1ccc(Cl)c2ccccc12. The highest BCUT2D eigenvalue weighted by molar-refractivity contribution is 9.09. The van der Waals surface area contributed by atoms with Gasteiger partial charge in [0.25, 0.3) is 0 Å². The molecule has 0 N–H and O–H groups in total. The van der Waals surface area contributed by atoms with Crippen LogP contribution in [0.5, 0.6) is 0 Å². The summed E-state index contributed by atoms with van der Waals surface area (Å²) in [4.78, 5) is 0.423. The molecule has 2 heteroatoms. The molecule has 0 aromatic heterocycles. The number of alkyl halides is 1. The lowest BCUT2D eigenvalue weighted by Crippen LogP contribution is -2.06. The van der Waals surface area contributed by atoms with Crippen molar-refractivity contribution in [2.75, 3.05) is 0 Å². The number of halogens is 2. The van der Waals surface area contributed by atoms with Crippen molar-refractivity contribution in [2.45, 2.75) is 24.6 Å². The molecule has 2 atom stereocenters. The van der Waals surface area contributed by atoms with Gasteiger partial charge in [0.2, 0.25) is 0 Å². The van der Waals surface area contributed by atoms with Gasteiger partial charge in [0.05, 0.1) is 0 Å². The van der Waals surface area contributed by atoms with Gasteiger partial charge in [0.1, 0.15) is 0 Å². The predicted molar refractivity (Wildman–Crippen MR) is 82.5 cm³/mol. The molecule has 0 bridgehead atoms. The molecule has 0 radical (unpaired) electrons. The molecule has 2 unspecified atom stereocenters. The smallest absolute Gasteiger partial charge is 0.0484 e. The van der Waals surface area contributed by atoms with Gasteiger partial charge in [-0.05, 0) is 41.7 Å². The second kappa shape index (κ2) is 4.86. The molecule has 2 aromatic rings. The van der Waals surface area contributed by atoms with Crippen LogP contribution in [-0.4, -0.2) is 0 Å². The molecule has 3 rings (SSSR count). The first kappa shape index (κ1) is 12.5. The highest BCUT2D eigenvalue weighted by Gasteiger charge is 2.33. The van der Waals surface area contributed by atoms with Crippen molar-refractivity contribution in [3.8, 4) is 0 Å². The zero-order chi connectivity index (χ0) is 12.7. The van der Waals surface area contributed by atoms with Crippen LogP contribution in [0, 0.1) is 11.8 Å². The standard InChI is InChI=1S/C16H16BrCl/c1-10(11-6-7-11)16(17)14-8-9-15(18)13-5-3-2-4-12(13)14/h2-5,8-11,16H,6-7H2,1H3. The van der Waals surface area contributed by atoms with Crippen molar-refractivity contribution in [1.82, 2.24) is 0 Å². The van der Waals surface area contributed by atoms with E-state index in [-0.39, 0.29) is 0 Å². The normalized spacial score (nSPS) is 18.8. The zero-order valence-electron chi connectivity index (χ0n) is 10.4. The molecular weight excluding hydrogens is 308 g/mol. The average molecular weight is 324 g/mol. The van der Waals surface area contributed by atoms with Crippen molar-refractivity contribution in [2.24, 2.45) is 11.8 Å². The number of hydrogen-bond acceptors (Lipinski definition) is 0. The largest absolute Gasteiger partial charge is 0.0837 e. The van der Waals surface area contributed by atoms with Gasteiger partial charge >= 0.3 is 0 Å². The second-order valence-corrected chi connectivity index (χ2v) is 6.67. The lowest BCUT2D eigenvalue weighted by Gasteiger charge is -2.20. The molecule has 1 saturated carbocycles. The van der Waals surface area contributed by atoms with Gasteiger partial charge in [0.15, 0.2) is 0 Å². The predicted octanol–water partition coefficient (Wildman–Crippen LogP) is 5.98. The number of benzene rings is 2. The molecular formula is C16H16BrCl. The van der Waals surface area contributed by atoms with Gasteiger partial charge in [-0.1, -0.05) is 64.8 Å². The second-order valence-electron chi connectivity index (χ2n) is 5.28. The third-order valence-corrected chi connectivity index (χ3v) is 5.69. The third-order valence-electron chi connectivity index (χ3n) is 4.03. The van der Waals surface area contributed by atoms with E-state index >= 15 is 0 Å². The van der Waals surface area contributed by atoms with E-state index < -0.39 is 0 Å². The molecule has 0 amide bonds. The first-order valence-corrected chi connectivity index (χ1v) is 7.79. The minimum Gasteiger partial charge on any atom is -0.0837 e. The van der Waals surface area contributed by atoms with E-state index in [1.807, 2.05) is 12.1 Å². The van der Waals surface area contributed by atoms with Gasteiger partial charge in [0, 0.05) is 15.2 Å². The Balaban J connectivity index is 2.08. The van der Waals surface area contributed by atoms with E-state index in [2.05, 4.69) is 47.1 Å². The molecule has 0 saturated heterocycles. The van der Waals surface area contributed by atoms with E-state index in [9.17, 15) is 0 Å². The monoisotopic (exact) mass is 322 g/mol. The maximum absolute atomic E-state index is 6.27. The van der Waals surface area contributed by atoms with Gasteiger partial charge in [-0.3, -0.25) is 0 Å². The Morgan fingerprint density at radius 1 is 1.11 bits per heavy atom. The van der Waals surface area contributed by atoms with E-state index in [1.54, 1.807) is 0 Å². The van der Waals surface area contributed by atoms with Crippen LogP contribution in [0.3, 0.4) is 0 Å². The number of fused-ring (bicyclic) bond motifs is 1. The van der Waals surface area contributed by atoms with Crippen LogP contribution < -0.4 is 0 Å². The summed E-state index contributed by atoms with van der Waals surface area (Å²) < 4.78 is 0. The number of rotatable bonds is 3. The van der Waals surface area contributed by atoms with E-state index in [0.717, 1.165) is 16.3 Å². The van der Waals surface area contributed by atoms with E-state index in [4.69, 9.17) is 11.6 Å². The van der Waals surface area contributed by atoms with Crippen molar-refractivity contribution >= 4 is 38.3 Å². The molecule has 0 aliphatic heterocycles. The topological polar surface area (TPSA) is 0 Å². The minimum absolute atomic E-state index is 0.423. The van der Waals surface area contributed by atoms with E-state index in [1.165, 1.54) is 23.8 Å². The van der Waals surface area contributed by atoms with Crippen LogP contribution in [-0.2, 0) is 0 Å². The van der Waals surface area contributed by atoms with Crippen LogP contribution in [0.15, 0.2) is 36.4 Å². The molecule has 1 aliphatic rings. The van der Waals surface area contributed by atoms with Crippen molar-refractivity contribution in [3.63, 3.8) is 0 Å². The molecule has 1 fully saturated rings. The van der Waals surface area contributed by atoms with Gasteiger partial charge in [-0.15, -0.1) is 0 Å². The summed E-state index contributed by atoms with van der Waals surface area (Å²) in [5, 5.41) is 3.27. The molecule has 2 aromatic carbocycles. The maximum atomic E-state index is 6.27. The van der Waals surface area contributed by atoms with Crippen molar-refractivity contribution in [3.05, 3.63) is 47.0 Å². The number of hydrogen-bond donors (Lipinski definition) is 0. The van der Waals surface area contributed by atoms with Gasteiger partial charge < -0.3 is 0 Å². The summed E-state index contributed by atoms with van der Waals surface area (Å²) >= 11 is 10.2. The molecule has 0 heterocycles. The highest BCUT2D eigenvalue weighted by Crippen LogP contribution is 2.47. The quantitative estimate of drug-likeness (QED) is 0.610. The van der Waals surface area contributed by atoms with E-state index in [0.29, 0.717) is 10.7 Å². The minimum atomic E-state index is 0.423. The van der Waals surface area contributed by atoms with Crippen LogP contribution in [0.4, 0.5) is 0 Å². The maximum Gasteiger partial charge on any atom is 0.0484 e. The lowest BCUT2D eigenvalue weighted by molar-refractivity contribution is 0.504. The average Bonchev–Trinajstić information content (AvgIpc) is 3.22. The van der Waals surface area contributed by atoms with Crippen LogP contribution in [0.1, 0.15) is 30.2 Å². The Labute approximate surface area is 121 Å². The summed E-state index contributed by atoms with van der Waals surface area (Å²) in [5.41, 5.74) is 1.37. The summed E-state index contributed by atoms with van der Waals surface area (Å²) in [7, 11) is 0. The fourth-order valence-corrected chi connectivity index (χ4v) is 3.73. The fourth-order valence-electron chi connectivity index (χ4n) is 2.67. The Kier molecular flexibility index (Phi) is 3.38. The summed E-state index contributed by atoms with van der Waals surface area (Å²) in [5.74, 6) is 1.58. The Morgan fingerprint density at radius 2 is 1.78 bits per heavy atom. The molecule has 94 valence electrons. The lowest BCUT2D eigenvalue weighted by atomic mass is 9.93. The zero-order valence-corrected chi connectivity index (χ0v) is 12.7. The summed E-state index contributed by atoms with van der Waals surface area (Å²) in [6, 6.07) is 12.6. The third kappa shape index (κ3) is 2.19. The van der Waals surface area contributed by atoms with Crippen LogP contribution in [0.2, 0.25) is 5.02 Å². The first-order chi connectivity index (χ1) is 8.68. The molecule has 18 heavy (non-hydrogen) atoms. The summed E-state index contributed by atoms with van der Waals surface area (Å²) in [6.45, 7) is 2.35. The highest BCUT2D eigenvalue weighted by atomic mass is 79.9. The Hall–Kier alpha value is -0.530. The van der Waals surface area contributed by atoms with Crippen molar-refractivity contribution in [1.29, 1.82) is 0 Å². The Bertz CT molecular complexity index is 574. The van der Waals surface area contributed by atoms with Crippen molar-refractivity contribution < 1.29 is 0 Å². The summed E-state index contributed by atoms with van der Waals surface area (Å²) in [6.07, 6.45) is 2.77. The molecule has 0 nitrogen and oxygen atoms in total. The van der Waals surface area contributed by atoms with Crippen LogP contribution in [0.25, 0.3) is 10.8 Å². The fraction of sp³-hybridized carbons (Fsp3) is 0.375. The van der Waals surface area contributed by atoms with Gasteiger partial charge in [-0.25, -0.2) is 0 Å². The Morgan fingerprint density at radius 3 is 2.44 bits per heavy atom. The molecule has 1 aliphatic carbocycles. The molecule has 0 spiro atoms.